The zero-order valence-corrected chi connectivity index (χ0v) is 11.1. The zero-order chi connectivity index (χ0) is 12.8. The van der Waals surface area contributed by atoms with Crippen LogP contribution in [0.4, 0.5) is 5.69 Å². The van der Waals surface area contributed by atoms with Crippen molar-refractivity contribution < 1.29 is 0 Å². The van der Waals surface area contributed by atoms with Crippen molar-refractivity contribution in [2.24, 2.45) is 5.73 Å². The number of hydrogen-bond acceptors (Lipinski definition) is 2. The summed E-state index contributed by atoms with van der Waals surface area (Å²) in [5, 5.41) is 3.32. The van der Waals surface area contributed by atoms with E-state index >= 15 is 0 Å². The Morgan fingerprint density at radius 3 is 2.18 bits per heavy atom. The minimum absolute atomic E-state index is 0.573. The largest absolute Gasteiger partial charge is 0.402 e. The predicted octanol–water partition coefficient (Wildman–Crippen LogP) is 3.99. The first-order chi connectivity index (χ1) is 7.99. The summed E-state index contributed by atoms with van der Waals surface area (Å²) in [6.45, 7) is 8.29. The van der Waals surface area contributed by atoms with Gasteiger partial charge in [-0.25, -0.2) is 0 Å². The second-order valence-corrected chi connectivity index (χ2v) is 4.66. The Balaban J connectivity index is 2.69. The third kappa shape index (κ3) is 4.77. The molecule has 1 aromatic carbocycles. The van der Waals surface area contributed by atoms with Gasteiger partial charge in [-0.15, -0.1) is 0 Å². The second-order valence-electron chi connectivity index (χ2n) is 4.66. The maximum atomic E-state index is 5.58. The third-order valence-corrected chi connectivity index (χ3v) is 2.52. The molecule has 0 bridgehead atoms. The van der Waals surface area contributed by atoms with Gasteiger partial charge in [-0.05, 0) is 49.6 Å². The number of hydrogen-bond donors (Lipinski definition) is 2. The number of nitrogens with one attached hydrogen (secondary N) is 1. The molecule has 0 aliphatic heterocycles. The molecule has 92 valence electrons. The summed E-state index contributed by atoms with van der Waals surface area (Å²) in [5.74, 6) is 0.573. The van der Waals surface area contributed by atoms with E-state index in [4.69, 9.17) is 5.73 Å². The molecule has 0 aliphatic carbocycles. The van der Waals surface area contributed by atoms with Crippen LogP contribution in [0.3, 0.4) is 0 Å². The molecule has 2 heteroatoms. The fourth-order valence-corrected chi connectivity index (χ4v) is 1.48. The highest BCUT2D eigenvalue weighted by Crippen LogP contribution is 2.18. The van der Waals surface area contributed by atoms with Gasteiger partial charge in [0, 0.05) is 17.1 Å². The molecule has 1 rings (SSSR count). The van der Waals surface area contributed by atoms with Crippen molar-refractivity contribution >= 4 is 5.69 Å². The molecule has 3 N–H and O–H groups in total. The van der Waals surface area contributed by atoms with Gasteiger partial charge in [-0.3, -0.25) is 0 Å². The second kappa shape index (κ2) is 6.14. The van der Waals surface area contributed by atoms with Crippen LogP contribution >= 0.6 is 0 Å². The molecule has 0 unspecified atom stereocenters. The molecule has 1 aromatic rings. The summed E-state index contributed by atoms with van der Waals surface area (Å²) < 4.78 is 0. The van der Waals surface area contributed by atoms with Gasteiger partial charge in [0.2, 0.25) is 0 Å². The minimum Gasteiger partial charge on any atom is -0.402 e. The van der Waals surface area contributed by atoms with E-state index in [9.17, 15) is 0 Å². The summed E-state index contributed by atoms with van der Waals surface area (Å²) in [5.41, 5.74) is 9.92. The summed E-state index contributed by atoms with van der Waals surface area (Å²) >= 11 is 0. The molecule has 0 amide bonds. The Bertz CT molecular complexity index is 407. The van der Waals surface area contributed by atoms with E-state index in [0.717, 1.165) is 17.1 Å². The van der Waals surface area contributed by atoms with Crippen LogP contribution in [0, 0.1) is 0 Å². The van der Waals surface area contributed by atoms with Crippen LogP contribution in [0.25, 0.3) is 0 Å². The van der Waals surface area contributed by atoms with E-state index in [1.165, 1.54) is 5.56 Å². The quantitative estimate of drug-likeness (QED) is 0.768. The van der Waals surface area contributed by atoms with E-state index in [0.29, 0.717) is 5.92 Å². The Morgan fingerprint density at radius 1 is 1.12 bits per heavy atom. The molecule has 0 radical (unpaired) electrons. The van der Waals surface area contributed by atoms with Crippen molar-refractivity contribution in [3.63, 3.8) is 0 Å². The molecule has 2 nitrogen and oxygen atoms in total. The van der Waals surface area contributed by atoms with Gasteiger partial charge in [-0.1, -0.05) is 26.0 Å². The highest BCUT2D eigenvalue weighted by Gasteiger charge is 1.98. The number of anilines is 1. The topological polar surface area (TPSA) is 38.0 Å². The van der Waals surface area contributed by atoms with E-state index < -0.39 is 0 Å². The van der Waals surface area contributed by atoms with Crippen LogP contribution < -0.4 is 11.1 Å². The lowest BCUT2D eigenvalue weighted by Gasteiger charge is -2.09. The highest BCUT2D eigenvalue weighted by molar-refractivity contribution is 5.49. The highest BCUT2D eigenvalue weighted by atomic mass is 14.9. The number of allylic oxidation sites excluding steroid dienone is 4. The number of benzene rings is 1. The molecule has 0 heterocycles. The van der Waals surface area contributed by atoms with Gasteiger partial charge in [0.25, 0.3) is 0 Å². The Morgan fingerprint density at radius 2 is 1.71 bits per heavy atom. The maximum Gasteiger partial charge on any atom is 0.0381 e. The summed E-state index contributed by atoms with van der Waals surface area (Å²) in [6.07, 6.45) is 3.87. The SMILES string of the molecule is C/C(N)=C\C=C(/C)Nc1ccc(C(C)C)cc1. The van der Waals surface area contributed by atoms with Gasteiger partial charge in [0.15, 0.2) is 0 Å². The van der Waals surface area contributed by atoms with E-state index in [2.05, 4.69) is 43.4 Å². The Hall–Kier alpha value is -1.70. The van der Waals surface area contributed by atoms with Crippen molar-refractivity contribution in [2.45, 2.75) is 33.6 Å². The van der Waals surface area contributed by atoms with Crippen LogP contribution in [0.5, 0.6) is 0 Å². The molecule has 0 spiro atoms. The van der Waals surface area contributed by atoms with E-state index in [1.807, 2.05) is 26.0 Å². The first-order valence-electron chi connectivity index (χ1n) is 5.96. The molecule has 0 aromatic heterocycles. The summed E-state index contributed by atoms with van der Waals surface area (Å²) in [7, 11) is 0. The average Bonchev–Trinajstić information content (AvgIpc) is 2.27. The Labute approximate surface area is 104 Å². The Kier molecular flexibility index (Phi) is 4.83. The first kappa shape index (κ1) is 13.4. The normalized spacial score (nSPS) is 13.0. The van der Waals surface area contributed by atoms with Crippen molar-refractivity contribution in [1.29, 1.82) is 0 Å². The van der Waals surface area contributed by atoms with Gasteiger partial charge in [0.05, 0.1) is 0 Å². The smallest absolute Gasteiger partial charge is 0.0381 e. The average molecular weight is 230 g/mol. The van der Waals surface area contributed by atoms with Crippen molar-refractivity contribution in [3.8, 4) is 0 Å². The molecular formula is C15H22N2. The van der Waals surface area contributed by atoms with Gasteiger partial charge >= 0.3 is 0 Å². The lowest BCUT2D eigenvalue weighted by Crippen LogP contribution is -1.96. The molecule has 0 atom stereocenters. The van der Waals surface area contributed by atoms with Gasteiger partial charge < -0.3 is 11.1 Å². The third-order valence-electron chi connectivity index (χ3n) is 2.52. The van der Waals surface area contributed by atoms with Gasteiger partial charge in [-0.2, -0.15) is 0 Å². The predicted molar refractivity (Wildman–Crippen MR) is 75.9 cm³/mol. The lowest BCUT2D eigenvalue weighted by molar-refractivity contribution is 0.867. The standard InChI is InChI=1S/C15H22N2/c1-11(2)14-7-9-15(10-8-14)17-13(4)6-5-12(3)16/h5-11,17H,16H2,1-4H3/b12-5+,13-6+. The number of nitrogens with two attached hydrogens (primary N) is 1. The van der Waals surface area contributed by atoms with E-state index in [-0.39, 0.29) is 0 Å². The molecule has 0 saturated heterocycles. The monoisotopic (exact) mass is 230 g/mol. The van der Waals surface area contributed by atoms with Gasteiger partial charge in [0.1, 0.15) is 0 Å². The van der Waals surface area contributed by atoms with Crippen molar-refractivity contribution in [2.75, 3.05) is 5.32 Å². The summed E-state index contributed by atoms with van der Waals surface area (Å²) in [6, 6.07) is 8.52. The molecule has 0 aliphatic rings. The molecule has 0 fully saturated rings. The maximum absolute atomic E-state index is 5.58. The summed E-state index contributed by atoms with van der Waals surface area (Å²) in [4.78, 5) is 0. The number of rotatable bonds is 4. The zero-order valence-electron chi connectivity index (χ0n) is 11.1. The van der Waals surface area contributed by atoms with Crippen LogP contribution in [0.2, 0.25) is 0 Å². The fraction of sp³-hybridized carbons (Fsp3) is 0.333. The first-order valence-corrected chi connectivity index (χ1v) is 5.96. The fourth-order valence-electron chi connectivity index (χ4n) is 1.48. The van der Waals surface area contributed by atoms with Crippen LogP contribution in [0.1, 0.15) is 39.2 Å². The van der Waals surface area contributed by atoms with Crippen molar-refractivity contribution in [1.82, 2.24) is 0 Å². The lowest BCUT2D eigenvalue weighted by atomic mass is 10.0. The van der Waals surface area contributed by atoms with Crippen LogP contribution in [-0.2, 0) is 0 Å². The van der Waals surface area contributed by atoms with Crippen LogP contribution in [0.15, 0.2) is 47.8 Å². The van der Waals surface area contributed by atoms with Crippen LogP contribution in [-0.4, -0.2) is 0 Å². The molecular weight excluding hydrogens is 208 g/mol. The van der Waals surface area contributed by atoms with E-state index in [1.54, 1.807) is 0 Å². The minimum atomic E-state index is 0.573. The molecule has 0 saturated carbocycles. The molecule has 17 heavy (non-hydrogen) atoms. The van der Waals surface area contributed by atoms with Crippen molar-refractivity contribution in [3.05, 3.63) is 53.4 Å².